The summed E-state index contributed by atoms with van der Waals surface area (Å²) in [6.45, 7) is 1.53. The van der Waals surface area contributed by atoms with Gasteiger partial charge < -0.3 is 4.74 Å². The summed E-state index contributed by atoms with van der Waals surface area (Å²) in [6, 6.07) is 8.90. The predicted molar refractivity (Wildman–Crippen MR) is 120 cm³/mol. The molecule has 0 aromatic heterocycles. The van der Waals surface area contributed by atoms with Gasteiger partial charge in [0.25, 0.3) is 0 Å². The van der Waals surface area contributed by atoms with Gasteiger partial charge in [-0.3, -0.25) is 14.4 Å². The first-order valence-corrected chi connectivity index (χ1v) is 11.5. The summed E-state index contributed by atoms with van der Waals surface area (Å²) in [4.78, 5) is 39.8. The highest BCUT2D eigenvalue weighted by Gasteiger charge is 2.67. The highest BCUT2D eigenvalue weighted by Crippen LogP contribution is 2.65. The number of carbonyl (C=O) groups excluding carboxylic acids is 3. The van der Waals surface area contributed by atoms with Crippen molar-refractivity contribution in [3.8, 4) is 5.75 Å². The Labute approximate surface area is 195 Å². The Hall–Kier alpha value is -2.99. The quantitative estimate of drug-likeness (QED) is 0.367. The maximum absolute atomic E-state index is 15.0. The van der Waals surface area contributed by atoms with Gasteiger partial charge in [0, 0.05) is 16.7 Å². The molecule has 1 saturated heterocycles. The fourth-order valence-electron chi connectivity index (χ4n) is 6.00. The van der Waals surface area contributed by atoms with E-state index >= 15 is 4.39 Å². The van der Waals surface area contributed by atoms with Gasteiger partial charge in [-0.1, -0.05) is 23.8 Å². The molecule has 2 aromatic rings. The second kappa shape index (κ2) is 7.26. The molecule has 2 saturated carbocycles. The Bertz CT molecular complexity index is 1220. The van der Waals surface area contributed by atoms with E-state index in [1.165, 1.54) is 12.1 Å². The normalized spacial score (nSPS) is 30.9. The number of hydrogen-bond acceptors (Lipinski definition) is 4. The lowest BCUT2D eigenvalue weighted by Gasteiger charge is -2.37. The molecule has 4 aliphatic carbocycles. The zero-order valence-electron chi connectivity index (χ0n) is 17.8. The Morgan fingerprint density at radius 1 is 1.06 bits per heavy atom. The van der Waals surface area contributed by atoms with Gasteiger partial charge in [0.05, 0.1) is 17.5 Å². The number of ether oxygens (including phenoxy) is 1. The van der Waals surface area contributed by atoms with Crippen LogP contribution >= 0.6 is 11.6 Å². The number of anilines is 1. The largest absolute Gasteiger partial charge is 0.485 e. The van der Waals surface area contributed by atoms with Crippen LogP contribution in [-0.2, 0) is 9.59 Å². The molecule has 7 rings (SSSR count). The van der Waals surface area contributed by atoms with E-state index in [4.69, 9.17) is 16.3 Å². The van der Waals surface area contributed by atoms with Gasteiger partial charge in [-0.15, -0.1) is 0 Å². The number of Topliss-reactive ketones (excluding diaryl/α,β-unsaturated/α-hetero) is 1. The standard InChI is InChI=1S/C26H21ClFNO4/c1-12-8-13(2-6-19(12)27)22(30)11-33-14-3-7-21(20(28)9-14)29-25(31)23-15-4-5-16(18-10-17(15)18)24(23)26(29)32/h2-9,15-18,23-24H,10-11H2,1H3. The van der Waals surface area contributed by atoms with Gasteiger partial charge in [0.1, 0.15) is 5.75 Å². The van der Waals surface area contributed by atoms with Crippen molar-refractivity contribution in [1.29, 1.82) is 0 Å². The Kier molecular flexibility index (Phi) is 4.53. The molecule has 3 fully saturated rings. The molecular formula is C26H21ClFNO4. The average Bonchev–Trinajstić information content (AvgIpc) is 3.58. The lowest BCUT2D eigenvalue weighted by Crippen LogP contribution is -2.40. The number of amides is 2. The van der Waals surface area contributed by atoms with E-state index in [0.29, 0.717) is 22.4 Å². The summed E-state index contributed by atoms with van der Waals surface area (Å²) in [5.41, 5.74) is 1.17. The van der Waals surface area contributed by atoms with E-state index in [9.17, 15) is 14.4 Å². The van der Waals surface area contributed by atoms with Crippen molar-refractivity contribution in [3.63, 3.8) is 0 Å². The fraction of sp³-hybridized carbons (Fsp3) is 0.346. The van der Waals surface area contributed by atoms with Crippen molar-refractivity contribution in [2.24, 2.45) is 35.5 Å². The van der Waals surface area contributed by atoms with Crippen LogP contribution < -0.4 is 9.64 Å². The Morgan fingerprint density at radius 2 is 1.73 bits per heavy atom. The van der Waals surface area contributed by atoms with E-state index in [0.717, 1.165) is 23.0 Å². The van der Waals surface area contributed by atoms with Gasteiger partial charge >= 0.3 is 0 Å². The van der Waals surface area contributed by atoms with E-state index in [2.05, 4.69) is 12.2 Å². The molecule has 168 valence electrons. The summed E-state index contributed by atoms with van der Waals surface area (Å²) in [7, 11) is 0. The smallest absolute Gasteiger partial charge is 0.238 e. The van der Waals surface area contributed by atoms with Crippen LogP contribution in [-0.4, -0.2) is 24.2 Å². The second-order valence-electron chi connectivity index (χ2n) is 9.46. The molecule has 2 amide bonds. The van der Waals surface area contributed by atoms with E-state index in [-0.39, 0.29) is 59.3 Å². The van der Waals surface area contributed by atoms with Crippen molar-refractivity contribution < 1.29 is 23.5 Å². The van der Waals surface area contributed by atoms with Crippen molar-refractivity contribution in [3.05, 3.63) is 70.5 Å². The molecule has 2 bridgehead atoms. The molecule has 0 spiro atoms. The highest BCUT2D eigenvalue weighted by molar-refractivity contribution is 6.31. The number of hydrogen-bond donors (Lipinski definition) is 0. The number of halogens is 2. The first-order valence-electron chi connectivity index (χ1n) is 11.1. The minimum absolute atomic E-state index is 0.0560. The third-order valence-electron chi connectivity index (χ3n) is 7.67. The summed E-state index contributed by atoms with van der Waals surface area (Å²) in [5, 5.41) is 0.566. The van der Waals surface area contributed by atoms with Crippen molar-refractivity contribution in [2.45, 2.75) is 13.3 Å². The fourth-order valence-corrected chi connectivity index (χ4v) is 6.12. The van der Waals surface area contributed by atoms with E-state index < -0.39 is 5.82 Å². The summed E-state index contributed by atoms with van der Waals surface area (Å²) in [5.74, 6) is -1.09. The summed E-state index contributed by atoms with van der Waals surface area (Å²) < 4.78 is 20.5. The lowest BCUT2D eigenvalue weighted by molar-refractivity contribution is -0.124. The van der Waals surface area contributed by atoms with Gasteiger partial charge in [-0.25, -0.2) is 9.29 Å². The SMILES string of the molecule is Cc1cc(C(=O)COc2ccc(N3C(=O)C4C5C=CC(C6CC56)C4C3=O)c(F)c2)ccc1Cl. The van der Waals surface area contributed by atoms with Crippen molar-refractivity contribution in [2.75, 3.05) is 11.5 Å². The molecule has 6 unspecified atom stereocenters. The Balaban J connectivity index is 1.19. The first-order chi connectivity index (χ1) is 15.8. The molecule has 5 aliphatic rings. The van der Waals surface area contributed by atoms with Gasteiger partial charge in [0.15, 0.2) is 18.2 Å². The number of aryl methyl sites for hydroxylation is 1. The van der Waals surface area contributed by atoms with E-state index in [1.807, 2.05) is 0 Å². The van der Waals surface area contributed by atoms with Crippen LogP contribution in [0.5, 0.6) is 5.75 Å². The van der Waals surface area contributed by atoms with Crippen LogP contribution in [0.1, 0.15) is 22.3 Å². The van der Waals surface area contributed by atoms with Gasteiger partial charge in [-0.2, -0.15) is 0 Å². The topological polar surface area (TPSA) is 63.7 Å². The zero-order valence-corrected chi connectivity index (χ0v) is 18.6. The van der Waals surface area contributed by atoms with Crippen LogP contribution in [0.15, 0.2) is 48.6 Å². The van der Waals surface area contributed by atoms with E-state index in [1.54, 1.807) is 25.1 Å². The van der Waals surface area contributed by atoms with Crippen LogP contribution in [0.25, 0.3) is 0 Å². The molecule has 0 N–H and O–H groups in total. The number of ketones is 1. The maximum Gasteiger partial charge on any atom is 0.238 e. The zero-order chi connectivity index (χ0) is 23.0. The number of allylic oxidation sites excluding steroid dienone is 2. The second-order valence-corrected chi connectivity index (χ2v) is 9.86. The van der Waals surface area contributed by atoms with Crippen molar-refractivity contribution >= 4 is 34.9 Å². The molecule has 1 heterocycles. The monoisotopic (exact) mass is 465 g/mol. The number of benzene rings is 2. The number of imide groups is 1. The molecule has 6 atom stereocenters. The molecule has 5 nitrogen and oxygen atoms in total. The molecule has 7 heteroatoms. The summed E-state index contributed by atoms with van der Waals surface area (Å²) in [6.07, 6.45) is 5.24. The molecular weight excluding hydrogens is 445 g/mol. The molecule has 33 heavy (non-hydrogen) atoms. The maximum atomic E-state index is 15.0. The third kappa shape index (κ3) is 3.07. The minimum atomic E-state index is -0.729. The Morgan fingerprint density at radius 3 is 2.33 bits per heavy atom. The number of nitrogens with zero attached hydrogens (tertiary/aromatic N) is 1. The lowest BCUT2D eigenvalue weighted by atomic mass is 9.63. The van der Waals surface area contributed by atoms with Crippen LogP contribution in [0.3, 0.4) is 0 Å². The van der Waals surface area contributed by atoms with Gasteiger partial charge in [0.2, 0.25) is 11.8 Å². The van der Waals surface area contributed by atoms with Crippen molar-refractivity contribution in [1.82, 2.24) is 0 Å². The summed E-state index contributed by atoms with van der Waals surface area (Å²) >= 11 is 5.99. The first kappa shape index (κ1) is 20.6. The highest BCUT2D eigenvalue weighted by atomic mass is 35.5. The molecule has 2 aromatic carbocycles. The van der Waals surface area contributed by atoms with Crippen LogP contribution in [0, 0.1) is 48.2 Å². The molecule has 0 radical (unpaired) electrons. The number of rotatable bonds is 5. The molecule has 1 aliphatic heterocycles. The minimum Gasteiger partial charge on any atom is -0.485 e. The average molecular weight is 466 g/mol. The third-order valence-corrected chi connectivity index (χ3v) is 8.10. The van der Waals surface area contributed by atoms with Crippen LogP contribution in [0.2, 0.25) is 5.02 Å². The predicted octanol–water partition coefficient (Wildman–Crippen LogP) is 4.61. The number of carbonyl (C=O) groups is 3. The van der Waals surface area contributed by atoms with Crippen LogP contribution in [0.4, 0.5) is 10.1 Å². The van der Waals surface area contributed by atoms with Gasteiger partial charge in [-0.05, 0) is 72.9 Å².